The Kier molecular flexibility index (Phi) is 3.44. The second-order valence-electron chi connectivity index (χ2n) is 5.94. The molecule has 0 heterocycles. The molecule has 0 unspecified atom stereocenters. The Labute approximate surface area is 88.8 Å². The number of hydrogen-bond donors (Lipinski definition) is 1. The summed E-state index contributed by atoms with van der Waals surface area (Å²) in [5.74, 6) is 0.633. The summed E-state index contributed by atoms with van der Waals surface area (Å²) in [4.78, 5) is 0. The number of hydrogen-bond acceptors (Lipinski definition) is 2. The number of aliphatic hydroxyl groups excluding tert-OH is 1. The molecule has 0 spiro atoms. The second-order valence-corrected chi connectivity index (χ2v) is 10.7. The van der Waals surface area contributed by atoms with E-state index in [0.29, 0.717) is 5.92 Å². The minimum Gasteiger partial charge on any atom is -0.411 e. The molecule has 0 aromatic rings. The lowest BCUT2D eigenvalue weighted by atomic mass is 10.2. The summed E-state index contributed by atoms with van der Waals surface area (Å²) in [7, 11) is -1.67. The summed E-state index contributed by atoms with van der Waals surface area (Å²) in [5, 5.41) is 9.51. The molecule has 0 aliphatic heterocycles. The van der Waals surface area contributed by atoms with E-state index >= 15 is 0 Å². The smallest absolute Gasteiger partial charge is 0.192 e. The van der Waals surface area contributed by atoms with Gasteiger partial charge in [-0.05, 0) is 36.9 Å². The molecule has 0 amide bonds. The summed E-state index contributed by atoms with van der Waals surface area (Å²) < 4.78 is 6.16. The van der Waals surface area contributed by atoms with Gasteiger partial charge in [0.05, 0.1) is 12.7 Å². The molecule has 3 heteroatoms. The Bertz CT molecular complexity index is 192. The average molecular weight is 216 g/mol. The normalized spacial score (nSPS) is 21.0. The van der Waals surface area contributed by atoms with Gasteiger partial charge in [-0.1, -0.05) is 20.8 Å². The van der Waals surface area contributed by atoms with Crippen LogP contribution in [0.2, 0.25) is 18.1 Å². The van der Waals surface area contributed by atoms with Gasteiger partial charge in [-0.25, -0.2) is 0 Å². The Hall–Kier alpha value is 0.137. The van der Waals surface area contributed by atoms with Gasteiger partial charge in [0.1, 0.15) is 0 Å². The van der Waals surface area contributed by atoms with Crippen molar-refractivity contribution < 1.29 is 9.53 Å². The van der Waals surface area contributed by atoms with Crippen molar-refractivity contribution in [2.45, 2.75) is 57.8 Å². The van der Waals surface area contributed by atoms with Gasteiger partial charge in [-0.3, -0.25) is 0 Å². The third kappa shape index (κ3) is 2.81. The molecule has 1 aliphatic carbocycles. The highest BCUT2D eigenvalue weighted by Crippen LogP contribution is 2.41. The molecule has 1 atom stereocenters. The van der Waals surface area contributed by atoms with Gasteiger partial charge in [0, 0.05) is 0 Å². The van der Waals surface area contributed by atoms with Gasteiger partial charge in [0.15, 0.2) is 8.32 Å². The van der Waals surface area contributed by atoms with Gasteiger partial charge in [-0.2, -0.15) is 0 Å². The first-order valence-corrected chi connectivity index (χ1v) is 8.47. The third-order valence-electron chi connectivity index (χ3n) is 3.58. The van der Waals surface area contributed by atoms with Gasteiger partial charge in [0.2, 0.25) is 0 Å². The predicted octanol–water partition coefficient (Wildman–Crippen LogP) is 2.78. The Morgan fingerprint density at radius 1 is 1.36 bits per heavy atom. The molecule has 0 radical (unpaired) electrons. The molecule has 0 aromatic carbocycles. The molecule has 1 rings (SSSR count). The van der Waals surface area contributed by atoms with Crippen LogP contribution in [0.4, 0.5) is 0 Å². The van der Waals surface area contributed by atoms with Crippen LogP contribution in [0.15, 0.2) is 0 Å². The van der Waals surface area contributed by atoms with Gasteiger partial charge >= 0.3 is 0 Å². The highest BCUT2D eigenvalue weighted by molar-refractivity contribution is 6.74. The number of aliphatic hydroxyl groups is 1. The van der Waals surface area contributed by atoms with Crippen LogP contribution in [0.1, 0.15) is 33.6 Å². The molecular formula is C11H24O2Si. The highest BCUT2D eigenvalue weighted by atomic mass is 28.4. The lowest BCUT2D eigenvalue weighted by Gasteiger charge is -2.39. The van der Waals surface area contributed by atoms with Gasteiger partial charge < -0.3 is 9.53 Å². The van der Waals surface area contributed by atoms with Crippen molar-refractivity contribution in [2.75, 3.05) is 6.61 Å². The summed E-state index contributed by atoms with van der Waals surface area (Å²) in [5.41, 5.74) is 0. The first-order chi connectivity index (χ1) is 6.28. The lowest BCUT2D eigenvalue weighted by molar-refractivity contribution is 0.0862. The van der Waals surface area contributed by atoms with Crippen LogP contribution in [0.3, 0.4) is 0 Å². The topological polar surface area (TPSA) is 29.5 Å². The first-order valence-electron chi connectivity index (χ1n) is 5.56. The van der Waals surface area contributed by atoms with Gasteiger partial charge in [0.25, 0.3) is 0 Å². The quantitative estimate of drug-likeness (QED) is 0.732. The number of rotatable bonds is 4. The molecule has 1 N–H and O–H groups in total. The largest absolute Gasteiger partial charge is 0.411 e. The monoisotopic (exact) mass is 216 g/mol. The maximum atomic E-state index is 9.26. The van der Waals surface area contributed by atoms with E-state index in [1.54, 1.807) is 0 Å². The van der Waals surface area contributed by atoms with E-state index in [2.05, 4.69) is 33.9 Å². The van der Waals surface area contributed by atoms with Crippen LogP contribution in [-0.2, 0) is 4.43 Å². The Balaban J connectivity index is 2.55. The molecule has 14 heavy (non-hydrogen) atoms. The van der Waals surface area contributed by atoms with Gasteiger partial charge in [-0.15, -0.1) is 0 Å². The molecular weight excluding hydrogens is 192 g/mol. The Morgan fingerprint density at radius 3 is 2.14 bits per heavy atom. The minimum absolute atomic E-state index is 0.107. The van der Waals surface area contributed by atoms with Crippen LogP contribution >= 0.6 is 0 Å². The molecule has 84 valence electrons. The van der Waals surface area contributed by atoms with E-state index in [1.165, 1.54) is 12.8 Å². The van der Waals surface area contributed by atoms with Crippen molar-refractivity contribution in [3.05, 3.63) is 0 Å². The second kappa shape index (κ2) is 3.95. The highest BCUT2D eigenvalue weighted by Gasteiger charge is 2.42. The van der Waals surface area contributed by atoms with Crippen molar-refractivity contribution in [3.63, 3.8) is 0 Å². The minimum atomic E-state index is -1.67. The standard InChI is InChI=1S/C11H24O2Si/c1-11(2,3)14(4,5)13-10(8-12)9-6-7-9/h9-10,12H,6-8H2,1-5H3/t10-/m1/s1. The molecule has 0 bridgehead atoms. The summed E-state index contributed by atoms with van der Waals surface area (Å²) in [6.45, 7) is 11.4. The van der Waals surface area contributed by atoms with E-state index in [4.69, 9.17) is 4.43 Å². The maximum absolute atomic E-state index is 9.26. The van der Waals surface area contributed by atoms with E-state index in [9.17, 15) is 5.11 Å². The van der Waals surface area contributed by atoms with Crippen molar-refractivity contribution in [1.82, 2.24) is 0 Å². The van der Waals surface area contributed by atoms with Crippen LogP contribution in [0.5, 0.6) is 0 Å². The van der Waals surface area contributed by atoms with Crippen molar-refractivity contribution in [1.29, 1.82) is 0 Å². The summed E-state index contributed by atoms with van der Waals surface area (Å²) in [6.07, 6.45) is 2.58. The SMILES string of the molecule is CC(C)(C)[Si](C)(C)O[C@H](CO)C1CC1. The first kappa shape index (κ1) is 12.2. The van der Waals surface area contributed by atoms with Crippen LogP contribution in [0.25, 0.3) is 0 Å². The van der Waals surface area contributed by atoms with Crippen molar-refractivity contribution in [2.24, 2.45) is 5.92 Å². The molecule has 2 nitrogen and oxygen atoms in total. The molecule has 1 fully saturated rings. The van der Waals surface area contributed by atoms with E-state index < -0.39 is 8.32 Å². The van der Waals surface area contributed by atoms with Crippen LogP contribution < -0.4 is 0 Å². The van der Waals surface area contributed by atoms with Crippen LogP contribution in [0, 0.1) is 5.92 Å². The van der Waals surface area contributed by atoms with Crippen molar-refractivity contribution in [3.8, 4) is 0 Å². The zero-order valence-corrected chi connectivity index (χ0v) is 11.1. The molecule has 1 saturated carbocycles. The molecule has 0 saturated heterocycles. The fourth-order valence-electron chi connectivity index (χ4n) is 1.31. The summed E-state index contributed by atoms with van der Waals surface area (Å²) in [6, 6.07) is 0. The zero-order chi connectivity index (χ0) is 11.0. The third-order valence-corrected chi connectivity index (χ3v) is 8.08. The fraction of sp³-hybridized carbons (Fsp3) is 1.00. The molecule has 0 aromatic heterocycles. The van der Waals surface area contributed by atoms with Crippen LogP contribution in [-0.4, -0.2) is 26.1 Å². The average Bonchev–Trinajstić information content (AvgIpc) is 2.80. The van der Waals surface area contributed by atoms with Crippen molar-refractivity contribution >= 4 is 8.32 Å². The molecule has 1 aliphatic rings. The maximum Gasteiger partial charge on any atom is 0.192 e. The zero-order valence-electron chi connectivity index (χ0n) is 10.1. The summed E-state index contributed by atoms with van der Waals surface area (Å²) >= 11 is 0. The Morgan fingerprint density at radius 2 is 1.86 bits per heavy atom. The van der Waals surface area contributed by atoms with E-state index in [0.717, 1.165) is 0 Å². The fourth-order valence-corrected chi connectivity index (χ4v) is 2.68. The van der Waals surface area contributed by atoms with E-state index in [-0.39, 0.29) is 17.7 Å². The van der Waals surface area contributed by atoms with E-state index in [1.807, 2.05) is 0 Å². The predicted molar refractivity (Wildman–Crippen MR) is 61.9 cm³/mol. The lowest BCUT2D eigenvalue weighted by Crippen LogP contribution is -2.45.